The number of nitrogens with one attached hydrogen (secondary N) is 1. The molecule has 124 valence electrons. The lowest BCUT2D eigenvalue weighted by atomic mass is 9.92. The van der Waals surface area contributed by atoms with Crippen LogP contribution in [0.25, 0.3) is 0 Å². The molecular weight excluding hydrogens is 258 g/mol. The summed E-state index contributed by atoms with van der Waals surface area (Å²) in [5.41, 5.74) is 0. The lowest BCUT2D eigenvalue weighted by Gasteiger charge is -2.51. The van der Waals surface area contributed by atoms with E-state index < -0.39 is 0 Å². The number of nitrogens with zero attached hydrogens (tertiary/aromatic N) is 2. The standard InChI is InChI=1S/C18H37N3/c1-5-10-17(19-7-3)18(6-2)21-14-16-11-8-9-12-20(16)13-15(21)4/h15-19H,5-14H2,1-4H3. The van der Waals surface area contributed by atoms with Gasteiger partial charge in [0, 0.05) is 37.3 Å². The monoisotopic (exact) mass is 295 g/mol. The van der Waals surface area contributed by atoms with Crippen molar-refractivity contribution in [2.45, 2.75) is 90.4 Å². The highest BCUT2D eigenvalue weighted by atomic mass is 15.3. The van der Waals surface area contributed by atoms with Gasteiger partial charge in [0.15, 0.2) is 0 Å². The van der Waals surface area contributed by atoms with Crippen LogP contribution in [0.1, 0.15) is 66.2 Å². The summed E-state index contributed by atoms with van der Waals surface area (Å²) in [6.07, 6.45) is 8.13. The summed E-state index contributed by atoms with van der Waals surface area (Å²) in [7, 11) is 0. The van der Waals surface area contributed by atoms with E-state index in [1.165, 1.54) is 58.2 Å². The van der Waals surface area contributed by atoms with Crippen LogP contribution in [0.3, 0.4) is 0 Å². The number of piperidine rings is 1. The first kappa shape index (κ1) is 17.2. The zero-order chi connectivity index (χ0) is 15.2. The van der Waals surface area contributed by atoms with Gasteiger partial charge in [0.2, 0.25) is 0 Å². The first-order valence-corrected chi connectivity index (χ1v) is 9.44. The second-order valence-electron chi connectivity index (χ2n) is 7.12. The average molecular weight is 296 g/mol. The van der Waals surface area contributed by atoms with Crippen LogP contribution < -0.4 is 5.32 Å². The zero-order valence-corrected chi connectivity index (χ0v) is 14.8. The molecule has 2 rings (SSSR count). The Balaban J connectivity index is 2.04. The molecule has 1 N–H and O–H groups in total. The lowest BCUT2D eigenvalue weighted by molar-refractivity contribution is -0.0181. The van der Waals surface area contributed by atoms with Crippen LogP contribution in [0.5, 0.6) is 0 Å². The van der Waals surface area contributed by atoms with E-state index in [0.29, 0.717) is 18.1 Å². The molecule has 2 saturated heterocycles. The Morgan fingerprint density at radius 1 is 1.14 bits per heavy atom. The maximum Gasteiger partial charge on any atom is 0.0250 e. The van der Waals surface area contributed by atoms with Crippen LogP contribution in [0.15, 0.2) is 0 Å². The minimum atomic E-state index is 0.669. The summed E-state index contributed by atoms with van der Waals surface area (Å²) >= 11 is 0. The molecule has 2 fully saturated rings. The summed E-state index contributed by atoms with van der Waals surface area (Å²) in [5.74, 6) is 0. The van der Waals surface area contributed by atoms with Crippen LogP contribution in [-0.4, -0.2) is 60.1 Å². The summed E-state index contributed by atoms with van der Waals surface area (Å²) in [6, 6.07) is 2.92. The van der Waals surface area contributed by atoms with E-state index in [1.54, 1.807) is 0 Å². The third-order valence-corrected chi connectivity index (χ3v) is 5.61. The molecule has 4 unspecified atom stereocenters. The fourth-order valence-electron chi connectivity index (χ4n) is 4.59. The van der Waals surface area contributed by atoms with Crippen molar-refractivity contribution in [3.8, 4) is 0 Å². The molecule has 3 heteroatoms. The second kappa shape index (κ2) is 8.50. The molecule has 4 atom stereocenters. The van der Waals surface area contributed by atoms with Crippen LogP contribution >= 0.6 is 0 Å². The molecule has 0 radical (unpaired) electrons. The predicted octanol–water partition coefficient (Wildman–Crippen LogP) is 3.10. The first-order valence-electron chi connectivity index (χ1n) is 9.44. The molecule has 0 bridgehead atoms. The van der Waals surface area contributed by atoms with Crippen LogP contribution in [-0.2, 0) is 0 Å². The summed E-state index contributed by atoms with van der Waals surface area (Å²) in [4.78, 5) is 5.61. The third-order valence-electron chi connectivity index (χ3n) is 5.61. The number of piperazine rings is 1. The van der Waals surface area contributed by atoms with Crippen LogP contribution in [0, 0.1) is 0 Å². The van der Waals surface area contributed by atoms with Gasteiger partial charge in [-0.25, -0.2) is 0 Å². The highest BCUT2D eigenvalue weighted by Crippen LogP contribution is 2.27. The molecule has 0 aliphatic carbocycles. The van der Waals surface area contributed by atoms with E-state index in [2.05, 4.69) is 42.8 Å². The van der Waals surface area contributed by atoms with E-state index in [9.17, 15) is 0 Å². The molecule has 21 heavy (non-hydrogen) atoms. The molecular formula is C18H37N3. The molecule has 0 spiro atoms. The van der Waals surface area contributed by atoms with Gasteiger partial charge in [-0.1, -0.05) is 33.6 Å². The SMILES string of the molecule is CCCC(NCC)C(CC)N1CC2CCCCN2CC1C. The molecule has 2 heterocycles. The van der Waals surface area contributed by atoms with Gasteiger partial charge in [0.1, 0.15) is 0 Å². The van der Waals surface area contributed by atoms with Crippen molar-refractivity contribution >= 4 is 0 Å². The normalized spacial score (nSPS) is 30.9. The number of hydrogen-bond donors (Lipinski definition) is 1. The maximum absolute atomic E-state index is 3.77. The number of rotatable bonds is 7. The zero-order valence-electron chi connectivity index (χ0n) is 14.8. The van der Waals surface area contributed by atoms with Crippen molar-refractivity contribution in [1.82, 2.24) is 15.1 Å². The highest BCUT2D eigenvalue weighted by Gasteiger charge is 2.37. The average Bonchev–Trinajstić information content (AvgIpc) is 2.49. The largest absolute Gasteiger partial charge is 0.313 e. The van der Waals surface area contributed by atoms with E-state index in [0.717, 1.165) is 12.6 Å². The summed E-state index contributed by atoms with van der Waals surface area (Å²) in [5, 5.41) is 3.77. The third kappa shape index (κ3) is 4.20. The molecule has 0 aromatic rings. The number of hydrogen-bond acceptors (Lipinski definition) is 3. The van der Waals surface area contributed by atoms with Gasteiger partial charge >= 0.3 is 0 Å². The fourth-order valence-corrected chi connectivity index (χ4v) is 4.59. The minimum Gasteiger partial charge on any atom is -0.313 e. The Morgan fingerprint density at radius 2 is 1.95 bits per heavy atom. The topological polar surface area (TPSA) is 18.5 Å². The Kier molecular flexibility index (Phi) is 6.97. The van der Waals surface area contributed by atoms with Crippen molar-refractivity contribution in [2.75, 3.05) is 26.2 Å². The van der Waals surface area contributed by atoms with Gasteiger partial charge in [-0.15, -0.1) is 0 Å². The molecule has 0 aromatic carbocycles. The smallest absolute Gasteiger partial charge is 0.0250 e. The Hall–Kier alpha value is -0.120. The molecule has 0 aromatic heterocycles. The van der Waals surface area contributed by atoms with Gasteiger partial charge < -0.3 is 5.32 Å². The number of likely N-dealkylation sites (N-methyl/N-ethyl adjacent to an activating group) is 1. The van der Waals surface area contributed by atoms with E-state index in [1.807, 2.05) is 0 Å². The highest BCUT2D eigenvalue weighted by molar-refractivity contribution is 4.94. The molecule has 3 nitrogen and oxygen atoms in total. The van der Waals surface area contributed by atoms with Gasteiger partial charge in [0.25, 0.3) is 0 Å². The summed E-state index contributed by atoms with van der Waals surface area (Å²) < 4.78 is 0. The van der Waals surface area contributed by atoms with Crippen molar-refractivity contribution in [3.05, 3.63) is 0 Å². The minimum absolute atomic E-state index is 0.669. The maximum atomic E-state index is 3.77. The van der Waals surface area contributed by atoms with Gasteiger partial charge in [0.05, 0.1) is 0 Å². The van der Waals surface area contributed by atoms with E-state index >= 15 is 0 Å². The Bertz CT molecular complexity index is 288. The van der Waals surface area contributed by atoms with E-state index in [4.69, 9.17) is 0 Å². The van der Waals surface area contributed by atoms with E-state index in [-0.39, 0.29) is 0 Å². The summed E-state index contributed by atoms with van der Waals surface area (Å²) in [6.45, 7) is 14.4. The fraction of sp³-hybridized carbons (Fsp3) is 1.00. The van der Waals surface area contributed by atoms with Crippen LogP contribution in [0.4, 0.5) is 0 Å². The van der Waals surface area contributed by atoms with Crippen molar-refractivity contribution in [3.63, 3.8) is 0 Å². The van der Waals surface area contributed by atoms with Crippen molar-refractivity contribution in [1.29, 1.82) is 0 Å². The molecule has 2 aliphatic heterocycles. The van der Waals surface area contributed by atoms with Crippen LogP contribution in [0.2, 0.25) is 0 Å². The molecule has 0 amide bonds. The molecule has 2 aliphatic rings. The number of fused-ring (bicyclic) bond motifs is 1. The van der Waals surface area contributed by atoms with Crippen molar-refractivity contribution in [2.24, 2.45) is 0 Å². The van der Waals surface area contributed by atoms with Gasteiger partial charge in [-0.2, -0.15) is 0 Å². The Morgan fingerprint density at radius 3 is 2.62 bits per heavy atom. The molecule has 0 saturated carbocycles. The Labute approximate surface area is 132 Å². The first-order chi connectivity index (χ1) is 10.2. The van der Waals surface area contributed by atoms with Gasteiger partial charge in [-0.05, 0) is 45.7 Å². The van der Waals surface area contributed by atoms with Crippen molar-refractivity contribution < 1.29 is 0 Å². The quantitative estimate of drug-likeness (QED) is 0.778. The second-order valence-corrected chi connectivity index (χ2v) is 7.12. The predicted molar refractivity (Wildman–Crippen MR) is 91.8 cm³/mol. The lowest BCUT2D eigenvalue weighted by Crippen LogP contribution is -2.64. The van der Waals surface area contributed by atoms with Gasteiger partial charge in [-0.3, -0.25) is 9.80 Å².